The summed E-state index contributed by atoms with van der Waals surface area (Å²) in [5.74, 6) is -2.51. The minimum Gasteiger partial charge on any atom is -0.334 e. The number of amides is 3. The van der Waals surface area contributed by atoms with E-state index in [-0.39, 0.29) is 23.1 Å². The molecule has 0 fully saturated rings. The molecule has 3 rings (SSSR count). The van der Waals surface area contributed by atoms with Crippen LogP contribution in [0, 0.1) is 5.82 Å². The third kappa shape index (κ3) is 3.22. The van der Waals surface area contributed by atoms with E-state index in [0.29, 0.717) is 6.54 Å². The predicted molar refractivity (Wildman–Crippen MR) is 93.9 cm³/mol. The molecule has 0 atom stereocenters. The van der Waals surface area contributed by atoms with E-state index in [1.165, 1.54) is 12.1 Å². The van der Waals surface area contributed by atoms with Gasteiger partial charge < -0.3 is 4.90 Å². The van der Waals surface area contributed by atoms with Crippen molar-refractivity contribution in [2.45, 2.75) is 26.4 Å². The van der Waals surface area contributed by atoms with Gasteiger partial charge in [0.15, 0.2) is 0 Å². The molecule has 5 nitrogen and oxygen atoms in total. The summed E-state index contributed by atoms with van der Waals surface area (Å²) < 4.78 is 13.9. The highest BCUT2D eigenvalue weighted by atomic mass is 19.1. The fourth-order valence-electron chi connectivity index (χ4n) is 3.00. The van der Waals surface area contributed by atoms with E-state index in [1.54, 1.807) is 4.90 Å². The van der Waals surface area contributed by atoms with Crippen molar-refractivity contribution in [2.24, 2.45) is 0 Å². The van der Waals surface area contributed by atoms with Gasteiger partial charge in [-0.15, -0.1) is 0 Å². The van der Waals surface area contributed by atoms with Crippen LogP contribution in [0.25, 0.3) is 0 Å². The third-order valence-corrected chi connectivity index (χ3v) is 4.38. The van der Waals surface area contributed by atoms with Gasteiger partial charge in [0, 0.05) is 12.6 Å². The van der Waals surface area contributed by atoms with Crippen LogP contribution in [0.4, 0.5) is 4.39 Å². The summed E-state index contributed by atoms with van der Waals surface area (Å²) in [6.07, 6.45) is 0. The zero-order valence-corrected chi connectivity index (χ0v) is 14.6. The number of hydrogen-bond donors (Lipinski definition) is 0. The van der Waals surface area contributed by atoms with Crippen LogP contribution in [-0.4, -0.2) is 40.1 Å². The summed E-state index contributed by atoms with van der Waals surface area (Å²) in [5.41, 5.74) is 0.689. The van der Waals surface area contributed by atoms with Crippen LogP contribution in [0.2, 0.25) is 0 Å². The SMILES string of the molecule is CC(C)N(Cc1ccccc1)C(=O)CN1C(=O)c2cccc(F)c2C1=O. The number of imide groups is 1. The zero-order chi connectivity index (χ0) is 18.8. The molecule has 0 unspecified atom stereocenters. The summed E-state index contributed by atoms with van der Waals surface area (Å²) in [7, 11) is 0. The average molecular weight is 354 g/mol. The number of carbonyl (C=O) groups is 3. The molecule has 2 aromatic rings. The lowest BCUT2D eigenvalue weighted by Crippen LogP contribution is -2.45. The largest absolute Gasteiger partial charge is 0.334 e. The van der Waals surface area contributed by atoms with E-state index >= 15 is 0 Å². The standard InChI is InChI=1S/C20H19FN2O3/c1-13(2)22(11-14-7-4-3-5-8-14)17(24)12-23-19(25)15-9-6-10-16(21)18(15)20(23)26/h3-10,13H,11-12H2,1-2H3. The molecule has 0 aliphatic carbocycles. The maximum absolute atomic E-state index is 13.9. The van der Waals surface area contributed by atoms with Crippen molar-refractivity contribution in [1.29, 1.82) is 0 Å². The van der Waals surface area contributed by atoms with Gasteiger partial charge in [-0.2, -0.15) is 0 Å². The lowest BCUT2D eigenvalue weighted by atomic mass is 10.1. The summed E-state index contributed by atoms with van der Waals surface area (Å²) in [5, 5.41) is 0. The van der Waals surface area contributed by atoms with Gasteiger partial charge in [0.25, 0.3) is 11.8 Å². The molecule has 0 bridgehead atoms. The molecule has 2 aromatic carbocycles. The van der Waals surface area contributed by atoms with Crippen molar-refractivity contribution in [3.8, 4) is 0 Å². The molecular formula is C20H19FN2O3. The molecule has 0 N–H and O–H groups in total. The van der Waals surface area contributed by atoms with Gasteiger partial charge in [-0.1, -0.05) is 36.4 Å². The summed E-state index contributed by atoms with van der Waals surface area (Å²) in [6.45, 7) is 3.69. The number of nitrogens with zero attached hydrogens (tertiary/aromatic N) is 2. The number of rotatable bonds is 5. The Morgan fingerprint density at radius 2 is 1.73 bits per heavy atom. The van der Waals surface area contributed by atoms with E-state index in [9.17, 15) is 18.8 Å². The maximum atomic E-state index is 13.9. The number of fused-ring (bicyclic) bond motifs is 1. The van der Waals surface area contributed by atoms with E-state index in [1.807, 2.05) is 44.2 Å². The van der Waals surface area contributed by atoms with Gasteiger partial charge >= 0.3 is 0 Å². The Kier molecular flexibility index (Phi) is 4.84. The maximum Gasteiger partial charge on any atom is 0.265 e. The first-order valence-corrected chi connectivity index (χ1v) is 8.38. The number of halogens is 1. The van der Waals surface area contributed by atoms with Crippen molar-refractivity contribution in [2.75, 3.05) is 6.54 Å². The lowest BCUT2D eigenvalue weighted by molar-refractivity contribution is -0.133. The van der Waals surface area contributed by atoms with Gasteiger partial charge in [-0.3, -0.25) is 19.3 Å². The highest BCUT2D eigenvalue weighted by Crippen LogP contribution is 2.25. The Labute approximate surface area is 151 Å². The van der Waals surface area contributed by atoms with Crippen LogP contribution in [0.5, 0.6) is 0 Å². The lowest BCUT2D eigenvalue weighted by Gasteiger charge is -2.28. The second-order valence-corrected chi connectivity index (χ2v) is 6.46. The Hall–Kier alpha value is -3.02. The van der Waals surface area contributed by atoms with Gasteiger partial charge in [-0.25, -0.2) is 4.39 Å². The zero-order valence-electron chi connectivity index (χ0n) is 14.6. The molecule has 0 radical (unpaired) electrons. The fraction of sp³-hybridized carbons (Fsp3) is 0.250. The first-order valence-electron chi connectivity index (χ1n) is 8.38. The van der Waals surface area contributed by atoms with Gasteiger partial charge in [0.1, 0.15) is 12.4 Å². The molecule has 0 aromatic heterocycles. The number of carbonyl (C=O) groups excluding carboxylic acids is 3. The van der Waals surface area contributed by atoms with Crippen molar-refractivity contribution in [1.82, 2.24) is 9.80 Å². The molecule has 0 spiro atoms. The summed E-state index contributed by atoms with van der Waals surface area (Å²) in [6, 6.07) is 13.2. The van der Waals surface area contributed by atoms with Crippen LogP contribution in [0.3, 0.4) is 0 Å². The van der Waals surface area contributed by atoms with E-state index in [0.717, 1.165) is 16.5 Å². The monoisotopic (exact) mass is 354 g/mol. The molecule has 3 amide bonds. The van der Waals surface area contributed by atoms with Gasteiger partial charge in [0.05, 0.1) is 11.1 Å². The highest BCUT2D eigenvalue weighted by Gasteiger charge is 2.39. The molecule has 0 saturated carbocycles. The van der Waals surface area contributed by atoms with Crippen LogP contribution in [0.15, 0.2) is 48.5 Å². The fourth-order valence-corrected chi connectivity index (χ4v) is 3.00. The normalized spacial score (nSPS) is 13.3. The Balaban J connectivity index is 1.79. The van der Waals surface area contributed by atoms with E-state index in [4.69, 9.17) is 0 Å². The molecule has 0 saturated heterocycles. The second-order valence-electron chi connectivity index (χ2n) is 6.46. The van der Waals surface area contributed by atoms with E-state index in [2.05, 4.69) is 0 Å². The summed E-state index contributed by atoms with van der Waals surface area (Å²) in [4.78, 5) is 40.0. The van der Waals surface area contributed by atoms with Crippen LogP contribution < -0.4 is 0 Å². The molecule has 1 aliphatic heterocycles. The first-order chi connectivity index (χ1) is 12.4. The quantitative estimate of drug-likeness (QED) is 0.776. The van der Waals surface area contributed by atoms with Crippen molar-refractivity contribution in [3.63, 3.8) is 0 Å². The van der Waals surface area contributed by atoms with Crippen LogP contribution in [-0.2, 0) is 11.3 Å². The van der Waals surface area contributed by atoms with Gasteiger partial charge in [-0.05, 0) is 31.5 Å². The number of benzene rings is 2. The molecular weight excluding hydrogens is 335 g/mol. The van der Waals surface area contributed by atoms with Crippen molar-refractivity contribution in [3.05, 3.63) is 71.0 Å². The van der Waals surface area contributed by atoms with Crippen LogP contribution >= 0.6 is 0 Å². The van der Waals surface area contributed by atoms with Crippen molar-refractivity contribution < 1.29 is 18.8 Å². The Morgan fingerprint density at radius 3 is 2.35 bits per heavy atom. The molecule has 1 heterocycles. The highest BCUT2D eigenvalue weighted by molar-refractivity contribution is 6.22. The molecule has 6 heteroatoms. The molecule has 26 heavy (non-hydrogen) atoms. The topological polar surface area (TPSA) is 57.7 Å². The van der Waals surface area contributed by atoms with Crippen molar-refractivity contribution >= 4 is 17.7 Å². The molecule has 1 aliphatic rings. The van der Waals surface area contributed by atoms with Crippen LogP contribution in [0.1, 0.15) is 40.1 Å². The third-order valence-electron chi connectivity index (χ3n) is 4.38. The van der Waals surface area contributed by atoms with Gasteiger partial charge in [0.2, 0.25) is 5.91 Å². The average Bonchev–Trinajstić information content (AvgIpc) is 2.86. The predicted octanol–water partition coefficient (Wildman–Crippen LogP) is 2.86. The first kappa shape index (κ1) is 17.8. The Bertz CT molecular complexity index is 865. The summed E-state index contributed by atoms with van der Waals surface area (Å²) >= 11 is 0. The Morgan fingerprint density at radius 1 is 1.04 bits per heavy atom. The second kappa shape index (κ2) is 7.07. The van der Waals surface area contributed by atoms with E-state index < -0.39 is 24.2 Å². The number of hydrogen-bond acceptors (Lipinski definition) is 3. The minimum absolute atomic E-state index is 0.00181. The minimum atomic E-state index is -0.764. The smallest absolute Gasteiger partial charge is 0.265 e. The molecule has 134 valence electrons.